The summed E-state index contributed by atoms with van der Waals surface area (Å²) < 4.78 is 28.5. The number of fused-ring (bicyclic) bond motifs is 1. The summed E-state index contributed by atoms with van der Waals surface area (Å²) in [6.45, 7) is 3.71. The number of cyclic esters (lactones) is 1. The van der Waals surface area contributed by atoms with Gasteiger partial charge < -0.3 is 9.64 Å². The molecular formula is C13H17BrN2O4S. The summed E-state index contributed by atoms with van der Waals surface area (Å²) >= 11 is 3.41. The van der Waals surface area contributed by atoms with Crippen molar-refractivity contribution < 1.29 is 18.6 Å². The van der Waals surface area contributed by atoms with Crippen LogP contribution in [-0.4, -0.2) is 50.6 Å². The molecule has 0 bridgehead atoms. The van der Waals surface area contributed by atoms with Crippen LogP contribution in [0.3, 0.4) is 0 Å². The average Bonchev–Trinajstić information content (AvgIpc) is 2.90. The van der Waals surface area contributed by atoms with Crippen molar-refractivity contribution in [3.05, 3.63) is 28.2 Å². The van der Waals surface area contributed by atoms with E-state index in [-0.39, 0.29) is 12.1 Å². The zero-order chi connectivity index (χ0) is 15.2. The van der Waals surface area contributed by atoms with Gasteiger partial charge in [0, 0.05) is 17.6 Å². The van der Waals surface area contributed by atoms with E-state index in [1.807, 2.05) is 13.0 Å². The Balaban J connectivity index is 1.79. The number of hydrogen-bond donors (Lipinski definition) is 2. The molecule has 2 N–H and O–H groups in total. The number of amides is 1. The molecule has 1 fully saturated rings. The van der Waals surface area contributed by atoms with Crippen molar-refractivity contribution in [2.75, 3.05) is 26.2 Å². The lowest BCUT2D eigenvalue weighted by Crippen LogP contribution is -2.35. The van der Waals surface area contributed by atoms with Crippen LogP contribution < -0.4 is 0 Å². The maximum absolute atomic E-state index is 11.4. The third-order valence-corrected chi connectivity index (χ3v) is 6.52. The number of benzene rings is 1. The van der Waals surface area contributed by atoms with Crippen LogP contribution in [0.1, 0.15) is 18.5 Å². The van der Waals surface area contributed by atoms with Gasteiger partial charge >= 0.3 is 6.09 Å². The van der Waals surface area contributed by atoms with Crippen molar-refractivity contribution in [3.8, 4) is 0 Å². The number of nitrogens with zero attached hydrogens (tertiary/aromatic N) is 2. The number of hydrogen-bond acceptors (Lipinski definition) is 5. The highest BCUT2D eigenvalue weighted by molar-refractivity contribution is 9.10. The SMILES string of the molecule is CC1c2cc(Br)ccc2S(O)(O)N1CCN1CCOC1=O. The van der Waals surface area contributed by atoms with E-state index < -0.39 is 10.8 Å². The summed E-state index contributed by atoms with van der Waals surface area (Å²) in [6, 6.07) is 5.36. The summed E-state index contributed by atoms with van der Waals surface area (Å²) in [5.74, 6) is 0. The second kappa shape index (κ2) is 5.44. The number of carbonyl (C=O) groups is 1. The predicted molar refractivity (Wildman–Crippen MR) is 83.3 cm³/mol. The summed E-state index contributed by atoms with van der Waals surface area (Å²) in [5.41, 5.74) is 0.911. The van der Waals surface area contributed by atoms with Crippen molar-refractivity contribution in [3.63, 3.8) is 0 Å². The van der Waals surface area contributed by atoms with Gasteiger partial charge in [0.05, 0.1) is 17.5 Å². The lowest BCUT2D eigenvalue weighted by atomic mass is 10.1. The van der Waals surface area contributed by atoms with Crippen molar-refractivity contribution in [2.45, 2.75) is 17.9 Å². The molecule has 21 heavy (non-hydrogen) atoms. The number of rotatable bonds is 3. The van der Waals surface area contributed by atoms with Crippen molar-refractivity contribution in [1.29, 1.82) is 0 Å². The molecule has 1 aromatic rings. The molecule has 1 aromatic carbocycles. The van der Waals surface area contributed by atoms with Crippen LogP contribution in [-0.2, 0) is 4.74 Å². The molecule has 1 atom stereocenters. The minimum absolute atomic E-state index is 0.110. The Morgan fingerprint density at radius 3 is 2.86 bits per heavy atom. The minimum atomic E-state index is -2.99. The van der Waals surface area contributed by atoms with E-state index in [1.54, 1.807) is 21.3 Å². The molecule has 8 heteroatoms. The molecule has 116 valence electrons. The van der Waals surface area contributed by atoms with E-state index in [4.69, 9.17) is 4.74 Å². The van der Waals surface area contributed by atoms with Crippen molar-refractivity contribution >= 4 is 32.8 Å². The van der Waals surface area contributed by atoms with Crippen LogP contribution in [0.2, 0.25) is 0 Å². The van der Waals surface area contributed by atoms with Gasteiger partial charge in [0.1, 0.15) is 6.61 Å². The van der Waals surface area contributed by atoms with E-state index in [2.05, 4.69) is 15.9 Å². The van der Waals surface area contributed by atoms with E-state index in [0.717, 1.165) is 10.0 Å². The normalized spacial score (nSPS) is 25.8. The Hall–Kier alpha value is -0.800. The summed E-state index contributed by atoms with van der Waals surface area (Å²) in [5, 5.41) is 0. The molecule has 1 amide bonds. The van der Waals surface area contributed by atoms with Crippen LogP contribution in [0, 0.1) is 0 Å². The van der Waals surface area contributed by atoms with Gasteiger partial charge in [0.25, 0.3) is 0 Å². The molecule has 1 unspecified atom stereocenters. The standard InChI is InChI=1S/C13H17BrN2O4S/c1-9-11-8-10(14)2-3-12(11)21(18,19)16(9)5-4-15-6-7-20-13(15)17/h2-3,8-9,18-19H,4-7H2,1H3. The van der Waals surface area contributed by atoms with Crippen LogP contribution in [0.4, 0.5) is 4.79 Å². The molecule has 6 nitrogen and oxygen atoms in total. The molecule has 2 aliphatic rings. The Morgan fingerprint density at radius 2 is 2.19 bits per heavy atom. The summed E-state index contributed by atoms with van der Waals surface area (Å²) in [7, 11) is -2.99. The Kier molecular flexibility index (Phi) is 3.91. The largest absolute Gasteiger partial charge is 0.448 e. The highest BCUT2D eigenvalue weighted by Crippen LogP contribution is 2.63. The van der Waals surface area contributed by atoms with Gasteiger partial charge in [-0.3, -0.25) is 9.11 Å². The molecule has 0 spiro atoms. The monoisotopic (exact) mass is 376 g/mol. The van der Waals surface area contributed by atoms with Gasteiger partial charge in [-0.15, -0.1) is 10.8 Å². The van der Waals surface area contributed by atoms with Gasteiger partial charge in [-0.05, 0) is 30.7 Å². The first-order chi connectivity index (χ1) is 9.91. The third kappa shape index (κ3) is 2.55. The van der Waals surface area contributed by atoms with E-state index in [9.17, 15) is 13.9 Å². The Morgan fingerprint density at radius 1 is 1.43 bits per heavy atom. The first kappa shape index (κ1) is 15.1. The third-order valence-electron chi connectivity index (χ3n) is 3.91. The van der Waals surface area contributed by atoms with Crippen LogP contribution in [0.25, 0.3) is 0 Å². The molecule has 0 aromatic heterocycles. The highest BCUT2D eigenvalue weighted by Gasteiger charge is 2.40. The Bertz CT molecular complexity index is 583. The van der Waals surface area contributed by atoms with Crippen LogP contribution >= 0.6 is 26.7 Å². The summed E-state index contributed by atoms with van der Waals surface area (Å²) in [6.07, 6.45) is -0.335. The molecule has 1 saturated heterocycles. The predicted octanol–water partition coefficient (Wildman–Crippen LogP) is 3.30. The number of ether oxygens (including phenoxy) is 1. The molecule has 0 saturated carbocycles. The van der Waals surface area contributed by atoms with Gasteiger partial charge in [-0.25, -0.2) is 4.79 Å². The van der Waals surface area contributed by atoms with Crippen molar-refractivity contribution in [2.24, 2.45) is 0 Å². The van der Waals surface area contributed by atoms with E-state index in [1.165, 1.54) is 0 Å². The molecule has 0 radical (unpaired) electrons. The molecule has 3 rings (SSSR count). The van der Waals surface area contributed by atoms with E-state index >= 15 is 0 Å². The topological polar surface area (TPSA) is 73.2 Å². The second-order valence-corrected chi connectivity index (χ2v) is 7.98. The van der Waals surface area contributed by atoms with Crippen LogP contribution in [0.5, 0.6) is 0 Å². The minimum Gasteiger partial charge on any atom is -0.448 e. The summed E-state index contributed by atoms with van der Waals surface area (Å²) in [4.78, 5) is 13.6. The van der Waals surface area contributed by atoms with Crippen LogP contribution in [0.15, 0.2) is 27.6 Å². The number of carbonyl (C=O) groups excluding carboxylic acids is 1. The first-order valence-corrected chi connectivity index (χ1v) is 8.97. The fraction of sp³-hybridized carbons (Fsp3) is 0.462. The first-order valence-electron chi connectivity index (χ1n) is 6.67. The lowest BCUT2D eigenvalue weighted by molar-refractivity contribution is 0.155. The zero-order valence-electron chi connectivity index (χ0n) is 11.5. The van der Waals surface area contributed by atoms with E-state index in [0.29, 0.717) is 31.1 Å². The average molecular weight is 377 g/mol. The molecule has 2 heterocycles. The zero-order valence-corrected chi connectivity index (χ0v) is 13.9. The quantitative estimate of drug-likeness (QED) is 0.846. The maximum Gasteiger partial charge on any atom is 0.409 e. The molecule has 2 aliphatic heterocycles. The second-order valence-electron chi connectivity index (χ2n) is 5.12. The Labute approximate surface area is 133 Å². The number of halogens is 1. The fourth-order valence-electron chi connectivity index (χ4n) is 2.77. The molecular weight excluding hydrogens is 360 g/mol. The molecule has 0 aliphatic carbocycles. The van der Waals surface area contributed by atoms with Crippen molar-refractivity contribution in [1.82, 2.24) is 9.21 Å². The lowest BCUT2D eigenvalue weighted by Gasteiger charge is -2.39. The highest BCUT2D eigenvalue weighted by atomic mass is 79.9. The maximum atomic E-state index is 11.4. The smallest absolute Gasteiger partial charge is 0.409 e. The van der Waals surface area contributed by atoms with Gasteiger partial charge in [0.15, 0.2) is 0 Å². The van der Waals surface area contributed by atoms with Gasteiger partial charge in [0.2, 0.25) is 0 Å². The fourth-order valence-corrected chi connectivity index (χ4v) is 5.08. The van der Waals surface area contributed by atoms with Gasteiger partial charge in [-0.2, -0.15) is 4.31 Å². The van der Waals surface area contributed by atoms with Gasteiger partial charge in [-0.1, -0.05) is 15.9 Å².